The number of hydrogen-bond acceptors (Lipinski definition) is 1. The van der Waals surface area contributed by atoms with Crippen molar-refractivity contribution >= 4 is 43.6 Å². The second-order valence-corrected chi connectivity index (χ2v) is 11.3. The molecule has 0 amide bonds. The molecule has 0 saturated carbocycles. The molecule has 0 saturated heterocycles. The van der Waals surface area contributed by atoms with E-state index in [2.05, 4.69) is 161 Å². The SMILES string of the molecule is c1ccc(-c2ccc(-n3c4ccccc4c4cc5c6ccccc6n(-c6ccc(-c7ccccc7)cn6)c5cc43)cc2)cc1. The second kappa shape index (κ2) is 9.82. The second-order valence-electron chi connectivity index (χ2n) is 11.3. The Kier molecular flexibility index (Phi) is 5.50. The van der Waals surface area contributed by atoms with Gasteiger partial charge in [0.25, 0.3) is 0 Å². The highest BCUT2D eigenvalue weighted by Gasteiger charge is 2.18. The number of aromatic nitrogens is 3. The average molecular weight is 562 g/mol. The molecule has 0 N–H and O–H groups in total. The molecule has 206 valence electrons. The van der Waals surface area contributed by atoms with Crippen molar-refractivity contribution in [3.05, 3.63) is 164 Å². The molecule has 0 spiro atoms. The fourth-order valence-corrected chi connectivity index (χ4v) is 6.71. The van der Waals surface area contributed by atoms with Gasteiger partial charge in [0.05, 0.1) is 22.1 Å². The van der Waals surface area contributed by atoms with Crippen LogP contribution in [0.3, 0.4) is 0 Å². The maximum absolute atomic E-state index is 5.00. The molecular weight excluding hydrogens is 534 g/mol. The summed E-state index contributed by atoms with van der Waals surface area (Å²) in [6.07, 6.45) is 1.98. The van der Waals surface area contributed by atoms with Crippen LogP contribution < -0.4 is 0 Å². The lowest BCUT2D eigenvalue weighted by molar-refractivity contribution is 1.08. The summed E-state index contributed by atoms with van der Waals surface area (Å²) in [4.78, 5) is 5.00. The van der Waals surface area contributed by atoms with Gasteiger partial charge in [-0.15, -0.1) is 0 Å². The molecule has 0 fully saturated rings. The molecule has 3 heterocycles. The summed E-state index contributed by atoms with van der Waals surface area (Å²) >= 11 is 0. The first-order valence-electron chi connectivity index (χ1n) is 15.0. The molecule has 0 unspecified atom stereocenters. The number of pyridine rings is 1. The van der Waals surface area contributed by atoms with E-state index in [0.717, 1.165) is 28.1 Å². The van der Waals surface area contributed by atoms with Gasteiger partial charge in [0, 0.05) is 39.0 Å². The lowest BCUT2D eigenvalue weighted by atomic mass is 10.1. The third kappa shape index (κ3) is 3.80. The first-order chi connectivity index (χ1) is 21.8. The summed E-state index contributed by atoms with van der Waals surface area (Å²) in [6, 6.07) is 56.3. The van der Waals surface area contributed by atoms with Crippen LogP contribution in [-0.2, 0) is 0 Å². The van der Waals surface area contributed by atoms with Crippen LogP contribution in [0, 0.1) is 0 Å². The monoisotopic (exact) mass is 561 g/mol. The molecule has 44 heavy (non-hydrogen) atoms. The van der Waals surface area contributed by atoms with Crippen molar-refractivity contribution in [1.29, 1.82) is 0 Å². The Morgan fingerprint density at radius 3 is 1.45 bits per heavy atom. The summed E-state index contributed by atoms with van der Waals surface area (Å²) in [5.41, 5.74) is 10.5. The number of fused-ring (bicyclic) bond motifs is 6. The lowest BCUT2D eigenvalue weighted by Gasteiger charge is -2.11. The van der Waals surface area contributed by atoms with E-state index < -0.39 is 0 Å². The molecular formula is C41H27N3. The van der Waals surface area contributed by atoms with E-state index in [0.29, 0.717) is 0 Å². The number of benzene rings is 6. The summed E-state index contributed by atoms with van der Waals surface area (Å²) in [7, 11) is 0. The van der Waals surface area contributed by atoms with Gasteiger partial charge in [0.1, 0.15) is 5.82 Å². The Hall–Kier alpha value is -5.93. The Labute approximate surface area is 254 Å². The van der Waals surface area contributed by atoms with Gasteiger partial charge in [-0.3, -0.25) is 4.57 Å². The summed E-state index contributed by atoms with van der Waals surface area (Å²) in [6.45, 7) is 0. The minimum absolute atomic E-state index is 0.908. The Bertz CT molecular complexity index is 2280. The van der Waals surface area contributed by atoms with E-state index in [-0.39, 0.29) is 0 Å². The van der Waals surface area contributed by atoms with Crippen molar-refractivity contribution in [2.75, 3.05) is 0 Å². The van der Waals surface area contributed by atoms with Crippen LogP contribution in [0.4, 0.5) is 0 Å². The predicted molar refractivity (Wildman–Crippen MR) is 184 cm³/mol. The average Bonchev–Trinajstić information content (AvgIpc) is 3.60. The van der Waals surface area contributed by atoms with Crippen LogP contribution in [-0.4, -0.2) is 14.1 Å². The number of rotatable bonds is 4. The van der Waals surface area contributed by atoms with Crippen molar-refractivity contribution in [2.45, 2.75) is 0 Å². The van der Waals surface area contributed by atoms with Gasteiger partial charge in [-0.05, 0) is 65.2 Å². The summed E-state index contributed by atoms with van der Waals surface area (Å²) in [5.74, 6) is 0.908. The fraction of sp³-hybridized carbons (Fsp3) is 0. The van der Waals surface area contributed by atoms with Crippen LogP contribution in [0.1, 0.15) is 0 Å². The van der Waals surface area contributed by atoms with E-state index in [9.17, 15) is 0 Å². The molecule has 3 heteroatoms. The largest absolute Gasteiger partial charge is 0.309 e. The van der Waals surface area contributed by atoms with Gasteiger partial charge in [-0.25, -0.2) is 4.98 Å². The minimum Gasteiger partial charge on any atom is -0.309 e. The highest BCUT2D eigenvalue weighted by Crippen LogP contribution is 2.39. The molecule has 0 bridgehead atoms. The zero-order valence-corrected chi connectivity index (χ0v) is 23.9. The Morgan fingerprint density at radius 1 is 0.341 bits per heavy atom. The van der Waals surface area contributed by atoms with Gasteiger partial charge in [0.2, 0.25) is 0 Å². The van der Waals surface area contributed by atoms with Crippen LogP contribution in [0.5, 0.6) is 0 Å². The van der Waals surface area contributed by atoms with E-state index >= 15 is 0 Å². The Balaban J connectivity index is 1.29. The van der Waals surface area contributed by atoms with Gasteiger partial charge in [-0.1, -0.05) is 109 Å². The topological polar surface area (TPSA) is 22.8 Å². The zero-order chi connectivity index (χ0) is 29.0. The molecule has 0 aliphatic heterocycles. The zero-order valence-electron chi connectivity index (χ0n) is 23.9. The van der Waals surface area contributed by atoms with E-state index in [1.54, 1.807) is 0 Å². The van der Waals surface area contributed by atoms with Crippen molar-refractivity contribution < 1.29 is 0 Å². The number of hydrogen-bond donors (Lipinski definition) is 0. The fourth-order valence-electron chi connectivity index (χ4n) is 6.71. The lowest BCUT2D eigenvalue weighted by Crippen LogP contribution is -1.98. The van der Waals surface area contributed by atoms with Crippen LogP contribution in [0.2, 0.25) is 0 Å². The normalized spacial score (nSPS) is 11.6. The maximum atomic E-state index is 5.00. The van der Waals surface area contributed by atoms with Crippen molar-refractivity contribution in [3.8, 4) is 33.8 Å². The Morgan fingerprint density at radius 2 is 0.841 bits per heavy atom. The van der Waals surface area contributed by atoms with Crippen molar-refractivity contribution in [2.24, 2.45) is 0 Å². The first-order valence-corrected chi connectivity index (χ1v) is 15.0. The highest BCUT2D eigenvalue weighted by atomic mass is 15.1. The minimum atomic E-state index is 0.908. The highest BCUT2D eigenvalue weighted by molar-refractivity contribution is 6.19. The standard InChI is InChI=1S/C41H27N3/c1-3-11-28(12-4-1)30-19-22-32(23-20-30)43-37-17-9-7-15-33(37)35-25-36-34-16-8-10-18-38(34)44(40(36)26-39(35)43)41-24-21-31(27-42-41)29-13-5-2-6-14-29/h1-27H. The molecule has 0 aliphatic carbocycles. The van der Waals surface area contributed by atoms with E-state index in [1.807, 2.05) is 12.3 Å². The van der Waals surface area contributed by atoms with Crippen LogP contribution in [0.15, 0.2) is 164 Å². The van der Waals surface area contributed by atoms with Crippen LogP contribution in [0.25, 0.3) is 77.4 Å². The molecule has 9 aromatic rings. The molecule has 3 nitrogen and oxygen atoms in total. The number of nitrogens with zero attached hydrogens (tertiary/aromatic N) is 3. The smallest absolute Gasteiger partial charge is 0.137 e. The van der Waals surface area contributed by atoms with Crippen LogP contribution >= 0.6 is 0 Å². The molecule has 0 aliphatic rings. The quantitative estimate of drug-likeness (QED) is 0.210. The van der Waals surface area contributed by atoms with Gasteiger partial charge in [-0.2, -0.15) is 0 Å². The van der Waals surface area contributed by atoms with Gasteiger partial charge in [0.15, 0.2) is 0 Å². The van der Waals surface area contributed by atoms with Gasteiger partial charge >= 0.3 is 0 Å². The molecule has 3 aromatic heterocycles. The van der Waals surface area contributed by atoms with Crippen molar-refractivity contribution in [1.82, 2.24) is 14.1 Å². The van der Waals surface area contributed by atoms with Crippen molar-refractivity contribution in [3.63, 3.8) is 0 Å². The molecule has 0 radical (unpaired) electrons. The number of para-hydroxylation sites is 2. The van der Waals surface area contributed by atoms with E-state index in [4.69, 9.17) is 4.98 Å². The molecule has 9 rings (SSSR count). The summed E-state index contributed by atoms with van der Waals surface area (Å²) < 4.78 is 4.70. The third-order valence-electron chi connectivity index (χ3n) is 8.78. The first kappa shape index (κ1) is 24.6. The molecule has 0 atom stereocenters. The van der Waals surface area contributed by atoms with Gasteiger partial charge < -0.3 is 4.57 Å². The summed E-state index contributed by atoms with van der Waals surface area (Å²) in [5, 5.41) is 4.95. The predicted octanol–water partition coefficient (Wildman–Crippen LogP) is 10.6. The molecule has 6 aromatic carbocycles. The maximum Gasteiger partial charge on any atom is 0.137 e. The third-order valence-corrected chi connectivity index (χ3v) is 8.78. The van der Waals surface area contributed by atoms with E-state index in [1.165, 1.54) is 49.3 Å².